The lowest BCUT2D eigenvalue weighted by Gasteiger charge is -2.38. The molecule has 0 N–H and O–H groups in total. The Morgan fingerprint density at radius 2 is 1.96 bits per heavy atom. The van der Waals surface area contributed by atoms with Crippen LogP contribution in [0, 0.1) is 0 Å². The molecule has 0 aliphatic carbocycles. The third kappa shape index (κ3) is 2.98. The number of aromatic nitrogens is 4. The van der Waals surface area contributed by atoms with Gasteiger partial charge in [0.25, 0.3) is 0 Å². The molecule has 7 heteroatoms. The van der Waals surface area contributed by atoms with E-state index in [-0.39, 0.29) is 0 Å². The third-order valence-corrected chi connectivity index (χ3v) is 5.26. The van der Waals surface area contributed by atoms with Crippen LogP contribution >= 0.6 is 0 Å². The van der Waals surface area contributed by atoms with Crippen molar-refractivity contribution in [2.45, 2.75) is 38.8 Å². The molecule has 7 nitrogen and oxygen atoms in total. The Morgan fingerprint density at radius 1 is 1.08 bits per heavy atom. The highest BCUT2D eigenvalue weighted by Gasteiger charge is 2.27. The summed E-state index contributed by atoms with van der Waals surface area (Å²) in [5.41, 5.74) is 1.87. The van der Waals surface area contributed by atoms with Crippen LogP contribution in [0.1, 0.15) is 26.2 Å². The summed E-state index contributed by atoms with van der Waals surface area (Å²) in [6, 6.07) is 0.675. The van der Waals surface area contributed by atoms with Gasteiger partial charge in [-0.25, -0.2) is 15.0 Å². The van der Waals surface area contributed by atoms with Crippen molar-refractivity contribution in [3.05, 3.63) is 12.7 Å². The lowest BCUT2D eigenvalue weighted by atomic mass is 10.0. The molecule has 2 aromatic heterocycles. The van der Waals surface area contributed by atoms with Gasteiger partial charge in [-0.3, -0.25) is 4.90 Å². The largest absolute Gasteiger partial charge is 0.380 e. The standard InChI is InChI=1S/C17H26N6O/c1-2-21-13-20-15-16(21)18-12-19-17(15)23-7-4-14(5-8-23)22-6-3-10-24-11-9-22/h12-14H,2-11H2,1H3. The summed E-state index contributed by atoms with van der Waals surface area (Å²) in [5.74, 6) is 0.991. The second kappa shape index (κ2) is 7.03. The molecule has 0 unspecified atom stereocenters. The highest BCUT2D eigenvalue weighted by atomic mass is 16.5. The monoisotopic (exact) mass is 330 g/mol. The summed E-state index contributed by atoms with van der Waals surface area (Å²) in [5, 5.41) is 0. The fourth-order valence-electron chi connectivity index (χ4n) is 3.90. The first-order chi connectivity index (χ1) is 11.9. The highest BCUT2D eigenvalue weighted by molar-refractivity contribution is 5.83. The summed E-state index contributed by atoms with van der Waals surface area (Å²) in [7, 11) is 0. The van der Waals surface area contributed by atoms with Gasteiger partial charge in [0.05, 0.1) is 12.9 Å². The molecule has 0 atom stereocenters. The minimum absolute atomic E-state index is 0.675. The number of rotatable bonds is 3. The molecule has 2 aliphatic heterocycles. The molecule has 2 aliphatic rings. The summed E-state index contributed by atoms with van der Waals surface area (Å²) in [4.78, 5) is 18.5. The number of ether oxygens (including phenoxy) is 1. The topological polar surface area (TPSA) is 59.3 Å². The molecule has 4 rings (SSSR count). The number of hydrogen-bond donors (Lipinski definition) is 0. The van der Waals surface area contributed by atoms with E-state index in [1.54, 1.807) is 6.33 Å². The molecular weight excluding hydrogens is 304 g/mol. The number of imidazole rings is 1. The second-order valence-corrected chi connectivity index (χ2v) is 6.62. The number of nitrogens with zero attached hydrogens (tertiary/aromatic N) is 6. The van der Waals surface area contributed by atoms with Crippen LogP contribution in [0.15, 0.2) is 12.7 Å². The highest BCUT2D eigenvalue weighted by Crippen LogP contribution is 2.26. The molecule has 2 fully saturated rings. The molecule has 0 amide bonds. The Balaban J connectivity index is 1.47. The van der Waals surface area contributed by atoms with E-state index in [9.17, 15) is 0 Å². The fourth-order valence-corrected chi connectivity index (χ4v) is 3.90. The summed E-state index contributed by atoms with van der Waals surface area (Å²) >= 11 is 0. The smallest absolute Gasteiger partial charge is 0.165 e. The van der Waals surface area contributed by atoms with E-state index >= 15 is 0 Å². The van der Waals surface area contributed by atoms with Crippen LogP contribution in [0.2, 0.25) is 0 Å². The predicted octanol–water partition coefficient (Wildman–Crippen LogP) is 1.54. The van der Waals surface area contributed by atoms with Crippen LogP contribution in [0.25, 0.3) is 11.2 Å². The van der Waals surface area contributed by atoms with E-state index < -0.39 is 0 Å². The Bertz CT molecular complexity index is 671. The molecule has 4 heterocycles. The zero-order valence-electron chi connectivity index (χ0n) is 14.4. The van der Waals surface area contributed by atoms with Gasteiger partial charge < -0.3 is 14.2 Å². The maximum absolute atomic E-state index is 5.59. The molecule has 0 saturated carbocycles. The molecule has 0 spiro atoms. The van der Waals surface area contributed by atoms with Crippen LogP contribution < -0.4 is 4.90 Å². The predicted molar refractivity (Wildman–Crippen MR) is 93.2 cm³/mol. The van der Waals surface area contributed by atoms with Crippen molar-refractivity contribution in [1.82, 2.24) is 24.4 Å². The molecule has 0 aromatic carbocycles. The lowest BCUT2D eigenvalue weighted by Crippen LogP contribution is -2.46. The number of fused-ring (bicyclic) bond motifs is 1. The van der Waals surface area contributed by atoms with Crippen LogP contribution in [0.4, 0.5) is 5.82 Å². The average molecular weight is 330 g/mol. The van der Waals surface area contributed by atoms with Gasteiger partial charge in [0.15, 0.2) is 17.0 Å². The van der Waals surface area contributed by atoms with Crippen LogP contribution in [-0.2, 0) is 11.3 Å². The number of aryl methyl sites for hydroxylation is 1. The van der Waals surface area contributed by atoms with Crippen molar-refractivity contribution >= 4 is 17.0 Å². The first kappa shape index (κ1) is 15.8. The van der Waals surface area contributed by atoms with Crippen molar-refractivity contribution in [3.8, 4) is 0 Å². The Morgan fingerprint density at radius 3 is 2.79 bits per heavy atom. The minimum atomic E-state index is 0.675. The molecular formula is C17H26N6O. The minimum Gasteiger partial charge on any atom is -0.380 e. The van der Waals surface area contributed by atoms with E-state index in [0.717, 1.165) is 62.8 Å². The maximum Gasteiger partial charge on any atom is 0.165 e. The van der Waals surface area contributed by atoms with Gasteiger partial charge in [-0.1, -0.05) is 0 Å². The third-order valence-electron chi connectivity index (χ3n) is 5.26. The maximum atomic E-state index is 5.59. The first-order valence-electron chi connectivity index (χ1n) is 9.09. The zero-order valence-corrected chi connectivity index (χ0v) is 14.4. The number of hydrogen-bond acceptors (Lipinski definition) is 6. The Hall–Kier alpha value is -1.73. The normalized spacial score (nSPS) is 21.3. The molecule has 0 radical (unpaired) electrons. The van der Waals surface area contributed by atoms with Crippen molar-refractivity contribution in [2.24, 2.45) is 0 Å². The Labute approximate surface area is 142 Å². The van der Waals surface area contributed by atoms with Crippen molar-refractivity contribution in [2.75, 3.05) is 44.3 Å². The number of anilines is 1. The van der Waals surface area contributed by atoms with E-state index in [2.05, 4.69) is 36.2 Å². The second-order valence-electron chi connectivity index (χ2n) is 6.62. The van der Waals surface area contributed by atoms with Crippen molar-refractivity contribution < 1.29 is 4.74 Å². The molecule has 130 valence electrons. The SMILES string of the molecule is CCn1cnc2c(N3CCC(N4CCCOCC4)CC3)ncnc21. The lowest BCUT2D eigenvalue weighted by molar-refractivity contribution is 0.125. The molecule has 24 heavy (non-hydrogen) atoms. The average Bonchev–Trinajstić information content (AvgIpc) is 2.87. The first-order valence-corrected chi connectivity index (χ1v) is 9.09. The van der Waals surface area contributed by atoms with E-state index in [1.807, 2.05) is 6.33 Å². The van der Waals surface area contributed by atoms with Crippen LogP contribution in [0.5, 0.6) is 0 Å². The van der Waals surface area contributed by atoms with Crippen molar-refractivity contribution in [3.63, 3.8) is 0 Å². The fraction of sp³-hybridized carbons (Fsp3) is 0.706. The van der Waals surface area contributed by atoms with Gasteiger partial charge in [-0.2, -0.15) is 0 Å². The van der Waals surface area contributed by atoms with E-state index in [0.29, 0.717) is 6.04 Å². The summed E-state index contributed by atoms with van der Waals surface area (Å²) in [6.07, 6.45) is 7.05. The van der Waals surface area contributed by atoms with Crippen molar-refractivity contribution in [1.29, 1.82) is 0 Å². The molecule has 0 bridgehead atoms. The van der Waals surface area contributed by atoms with Crippen LogP contribution in [-0.4, -0.2) is 69.9 Å². The molecule has 2 saturated heterocycles. The van der Waals surface area contributed by atoms with Crippen LogP contribution in [0.3, 0.4) is 0 Å². The van der Waals surface area contributed by atoms with E-state index in [4.69, 9.17) is 4.74 Å². The van der Waals surface area contributed by atoms with Gasteiger partial charge in [-0.15, -0.1) is 0 Å². The summed E-state index contributed by atoms with van der Waals surface area (Å²) in [6.45, 7) is 9.09. The van der Waals surface area contributed by atoms with Gasteiger partial charge in [0, 0.05) is 45.4 Å². The van der Waals surface area contributed by atoms with Gasteiger partial charge in [-0.05, 0) is 26.2 Å². The van der Waals surface area contributed by atoms with E-state index in [1.165, 1.54) is 19.4 Å². The van der Waals surface area contributed by atoms with Gasteiger partial charge in [0.1, 0.15) is 6.33 Å². The Kier molecular flexibility index (Phi) is 4.62. The van der Waals surface area contributed by atoms with Gasteiger partial charge in [0.2, 0.25) is 0 Å². The summed E-state index contributed by atoms with van der Waals surface area (Å²) < 4.78 is 7.66. The number of piperidine rings is 1. The quantitative estimate of drug-likeness (QED) is 0.851. The zero-order chi connectivity index (χ0) is 16.4. The molecule has 2 aromatic rings. The van der Waals surface area contributed by atoms with Gasteiger partial charge >= 0.3 is 0 Å².